The number of rotatable bonds is 6. The molecule has 0 fully saturated rings. The molecule has 0 saturated heterocycles. The van der Waals surface area contributed by atoms with Crippen molar-refractivity contribution in [3.63, 3.8) is 0 Å². The van der Waals surface area contributed by atoms with Crippen molar-refractivity contribution in [3.8, 4) is 5.75 Å². The Kier molecular flexibility index (Phi) is 5.02. The third kappa shape index (κ3) is 3.27. The topological polar surface area (TPSA) is 39.1 Å². The first kappa shape index (κ1) is 15.6. The minimum atomic E-state index is 0.217. The number of nitrogens with zero attached hydrogens (tertiary/aromatic N) is 2. The van der Waals surface area contributed by atoms with Crippen LogP contribution in [0.2, 0.25) is 0 Å². The van der Waals surface area contributed by atoms with Crippen LogP contribution in [0.1, 0.15) is 35.5 Å². The number of ether oxygens (including phenoxy) is 1. The fourth-order valence-corrected chi connectivity index (χ4v) is 2.74. The first-order valence-electron chi connectivity index (χ1n) is 7.46. The maximum absolute atomic E-state index is 5.76. The number of hydrogen-bond acceptors (Lipinski definition) is 3. The monoisotopic (exact) mass is 287 g/mol. The second kappa shape index (κ2) is 6.76. The van der Waals surface area contributed by atoms with E-state index >= 15 is 0 Å². The van der Waals surface area contributed by atoms with Crippen LogP contribution in [0.5, 0.6) is 5.75 Å². The Bertz CT molecular complexity index is 604. The average Bonchev–Trinajstić information content (AvgIpc) is 2.71. The van der Waals surface area contributed by atoms with E-state index in [2.05, 4.69) is 36.4 Å². The Labute approximate surface area is 127 Å². The highest BCUT2D eigenvalue weighted by Crippen LogP contribution is 2.29. The van der Waals surface area contributed by atoms with Crippen LogP contribution in [0, 0.1) is 13.8 Å². The highest BCUT2D eigenvalue weighted by molar-refractivity contribution is 5.38. The van der Waals surface area contributed by atoms with Crippen molar-refractivity contribution in [1.29, 1.82) is 0 Å². The van der Waals surface area contributed by atoms with Gasteiger partial charge in [-0.15, -0.1) is 0 Å². The molecule has 1 N–H and O–H groups in total. The van der Waals surface area contributed by atoms with Crippen molar-refractivity contribution in [3.05, 3.63) is 46.8 Å². The Morgan fingerprint density at radius 3 is 2.57 bits per heavy atom. The van der Waals surface area contributed by atoms with Gasteiger partial charge in [0.1, 0.15) is 5.75 Å². The smallest absolute Gasteiger partial charge is 0.124 e. The molecule has 1 atom stereocenters. The lowest BCUT2D eigenvalue weighted by Gasteiger charge is -2.20. The fraction of sp³-hybridized carbons (Fsp3) is 0.471. The molecule has 1 heterocycles. The molecule has 0 amide bonds. The van der Waals surface area contributed by atoms with Crippen molar-refractivity contribution >= 4 is 0 Å². The molecule has 0 aliphatic heterocycles. The molecule has 0 saturated carbocycles. The summed E-state index contributed by atoms with van der Waals surface area (Å²) in [7, 11) is 3.99. The zero-order valence-corrected chi connectivity index (χ0v) is 13.6. The molecule has 21 heavy (non-hydrogen) atoms. The van der Waals surface area contributed by atoms with Crippen LogP contribution in [0.25, 0.3) is 0 Å². The number of hydrogen-bond donors (Lipinski definition) is 1. The van der Waals surface area contributed by atoms with Crippen LogP contribution in [0.3, 0.4) is 0 Å². The summed E-state index contributed by atoms with van der Waals surface area (Å²) in [5.41, 5.74) is 4.83. The predicted octanol–water partition coefficient (Wildman–Crippen LogP) is 2.94. The minimum Gasteiger partial charge on any atom is -0.494 e. The van der Waals surface area contributed by atoms with Crippen molar-refractivity contribution in [2.75, 3.05) is 13.7 Å². The Morgan fingerprint density at radius 1 is 1.29 bits per heavy atom. The van der Waals surface area contributed by atoms with E-state index in [1.54, 1.807) is 0 Å². The largest absolute Gasteiger partial charge is 0.494 e. The molecule has 0 aliphatic rings. The van der Waals surface area contributed by atoms with Crippen LogP contribution in [0.15, 0.2) is 24.3 Å². The molecule has 2 rings (SSSR count). The van der Waals surface area contributed by atoms with E-state index in [4.69, 9.17) is 4.74 Å². The van der Waals surface area contributed by atoms with Crippen molar-refractivity contribution in [1.82, 2.24) is 15.1 Å². The fourth-order valence-electron chi connectivity index (χ4n) is 2.74. The van der Waals surface area contributed by atoms with Crippen LogP contribution >= 0.6 is 0 Å². The first-order valence-corrected chi connectivity index (χ1v) is 7.46. The van der Waals surface area contributed by atoms with E-state index in [9.17, 15) is 0 Å². The molecule has 4 heteroatoms. The van der Waals surface area contributed by atoms with Crippen LogP contribution in [-0.2, 0) is 13.5 Å². The van der Waals surface area contributed by atoms with Gasteiger partial charge in [0, 0.05) is 24.3 Å². The SMILES string of the molecule is CCOc1ccccc1C(Cc1c(C)nn(C)c1C)NC. The molecule has 0 aliphatic carbocycles. The van der Waals surface area contributed by atoms with E-state index in [1.165, 1.54) is 16.8 Å². The summed E-state index contributed by atoms with van der Waals surface area (Å²) < 4.78 is 7.71. The Morgan fingerprint density at radius 2 is 2.00 bits per heavy atom. The molecule has 1 unspecified atom stereocenters. The van der Waals surface area contributed by atoms with Gasteiger partial charge in [0.15, 0.2) is 0 Å². The van der Waals surface area contributed by atoms with Crippen LogP contribution in [-0.4, -0.2) is 23.4 Å². The molecular formula is C17H25N3O. The van der Waals surface area contributed by atoms with Crippen LogP contribution < -0.4 is 10.1 Å². The molecule has 0 spiro atoms. The first-order chi connectivity index (χ1) is 10.1. The number of benzene rings is 1. The zero-order chi connectivity index (χ0) is 15.4. The van der Waals surface area contributed by atoms with Crippen LogP contribution in [0.4, 0.5) is 0 Å². The number of aryl methyl sites for hydroxylation is 2. The second-order valence-electron chi connectivity index (χ2n) is 5.29. The van der Waals surface area contributed by atoms with Gasteiger partial charge in [0.2, 0.25) is 0 Å². The molecule has 1 aromatic heterocycles. The van der Waals surface area contributed by atoms with E-state index in [0.29, 0.717) is 6.61 Å². The standard InChI is InChI=1S/C17H25N3O/c1-6-21-17-10-8-7-9-14(17)16(18-4)11-15-12(2)19-20(5)13(15)3/h7-10,16,18H,6,11H2,1-5H3. The number of nitrogens with one attached hydrogen (secondary N) is 1. The lowest BCUT2D eigenvalue weighted by Crippen LogP contribution is -2.20. The Balaban J connectivity index is 2.32. The van der Waals surface area contributed by atoms with Gasteiger partial charge in [0.25, 0.3) is 0 Å². The molecule has 1 aromatic carbocycles. The third-order valence-corrected chi connectivity index (χ3v) is 4.01. The summed E-state index contributed by atoms with van der Waals surface area (Å²) in [4.78, 5) is 0. The summed E-state index contributed by atoms with van der Waals surface area (Å²) in [6.45, 7) is 6.89. The van der Waals surface area contributed by atoms with Gasteiger partial charge >= 0.3 is 0 Å². The molecule has 4 nitrogen and oxygen atoms in total. The number of para-hydroxylation sites is 1. The summed E-state index contributed by atoms with van der Waals surface area (Å²) in [6, 6.07) is 8.46. The zero-order valence-electron chi connectivity index (χ0n) is 13.6. The van der Waals surface area contributed by atoms with Crippen molar-refractivity contribution in [2.45, 2.75) is 33.2 Å². The summed E-state index contributed by atoms with van der Waals surface area (Å²) in [5.74, 6) is 0.957. The quantitative estimate of drug-likeness (QED) is 0.888. The van der Waals surface area contributed by atoms with E-state index in [-0.39, 0.29) is 6.04 Å². The second-order valence-corrected chi connectivity index (χ2v) is 5.29. The average molecular weight is 287 g/mol. The van der Waals surface area contributed by atoms with Gasteiger partial charge < -0.3 is 10.1 Å². The van der Waals surface area contributed by atoms with Gasteiger partial charge in [-0.1, -0.05) is 18.2 Å². The summed E-state index contributed by atoms with van der Waals surface area (Å²) in [6.07, 6.45) is 0.909. The summed E-state index contributed by atoms with van der Waals surface area (Å²) >= 11 is 0. The normalized spacial score (nSPS) is 12.4. The highest BCUT2D eigenvalue weighted by Gasteiger charge is 2.19. The van der Waals surface area contributed by atoms with E-state index < -0.39 is 0 Å². The molecular weight excluding hydrogens is 262 g/mol. The lowest BCUT2D eigenvalue weighted by molar-refractivity contribution is 0.332. The van der Waals surface area contributed by atoms with Gasteiger partial charge in [-0.25, -0.2) is 0 Å². The molecule has 2 aromatic rings. The van der Waals surface area contributed by atoms with Gasteiger partial charge in [-0.2, -0.15) is 5.10 Å². The van der Waals surface area contributed by atoms with Gasteiger partial charge in [-0.05, 0) is 45.9 Å². The lowest BCUT2D eigenvalue weighted by atomic mass is 9.97. The summed E-state index contributed by atoms with van der Waals surface area (Å²) in [5, 5.41) is 7.92. The molecule has 0 radical (unpaired) electrons. The van der Waals surface area contributed by atoms with E-state index in [0.717, 1.165) is 17.9 Å². The molecule has 114 valence electrons. The van der Waals surface area contributed by atoms with Gasteiger partial charge in [-0.3, -0.25) is 4.68 Å². The minimum absolute atomic E-state index is 0.217. The maximum atomic E-state index is 5.76. The number of aromatic nitrogens is 2. The van der Waals surface area contributed by atoms with E-state index in [1.807, 2.05) is 37.8 Å². The van der Waals surface area contributed by atoms with Crippen molar-refractivity contribution < 1.29 is 4.74 Å². The third-order valence-electron chi connectivity index (χ3n) is 4.01. The highest BCUT2D eigenvalue weighted by atomic mass is 16.5. The maximum Gasteiger partial charge on any atom is 0.124 e. The predicted molar refractivity (Wildman–Crippen MR) is 85.8 cm³/mol. The molecule has 0 bridgehead atoms. The Hall–Kier alpha value is -1.81. The van der Waals surface area contributed by atoms with Gasteiger partial charge in [0.05, 0.1) is 12.3 Å². The number of likely N-dealkylation sites (N-methyl/N-ethyl adjacent to an activating group) is 1. The van der Waals surface area contributed by atoms with Crippen molar-refractivity contribution in [2.24, 2.45) is 7.05 Å².